The van der Waals surface area contributed by atoms with E-state index in [2.05, 4.69) is 56.9 Å². The fourth-order valence-corrected chi connectivity index (χ4v) is 6.36. The molecule has 1 amide bonds. The molecular formula is C33H37N5O4. The first kappa shape index (κ1) is 27.9. The number of aliphatic carboxylic acids is 1. The van der Waals surface area contributed by atoms with Gasteiger partial charge in [-0.3, -0.25) is 9.69 Å². The van der Waals surface area contributed by atoms with Gasteiger partial charge in [0.15, 0.2) is 17.7 Å². The Hall–Kier alpha value is -4.24. The average molecular weight is 568 g/mol. The Morgan fingerprint density at radius 1 is 0.952 bits per heavy atom. The van der Waals surface area contributed by atoms with Crippen LogP contribution in [-0.4, -0.2) is 50.4 Å². The first-order chi connectivity index (χ1) is 19.9. The molecule has 0 bridgehead atoms. The Balaban J connectivity index is 1.61. The van der Waals surface area contributed by atoms with E-state index in [9.17, 15) is 14.7 Å². The third-order valence-electron chi connectivity index (χ3n) is 8.20. The zero-order valence-corrected chi connectivity index (χ0v) is 25.1. The van der Waals surface area contributed by atoms with E-state index in [-0.39, 0.29) is 5.91 Å². The summed E-state index contributed by atoms with van der Waals surface area (Å²) in [6.07, 6.45) is 0.156. The number of carbonyl (C=O) groups is 2. The molecule has 0 saturated carbocycles. The number of hydrogen-bond acceptors (Lipinski definition) is 6. The summed E-state index contributed by atoms with van der Waals surface area (Å²) in [5, 5.41) is 20.6. The van der Waals surface area contributed by atoms with E-state index in [0.717, 1.165) is 57.5 Å². The van der Waals surface area contributed by atoms with Gasteiger partial charge in [-0.2, -0.15) is 0 Å². The lowest BCUT2D eigenvalue weighted by molar-refractivity contribution is -0.160. The van der Waals surface area contributed by atoms with Gasteiger partial charge >= 0.3 is 5.97 Å². The van der Waals surface area contributed by atoms with Crippen LogP contribution in [0.15, 0.2) is 42.5 Å². The molecule has 9 nitrogen and oxygen atoms in total. The molecule has 1 N–H and O–H groups in total. The highest BCUT2D eigenvalue weighted by Gasteiger charge is 2.36. The summed E-state index contributed by atoms with van der Waals surface area (Å²) in [5.74, 6) is 0.235. The summed E-state index contributed by atoms with van der Waals surface area (Å²) in [6, 6.07) is 14.1. The lowest BCUT2D eigenvalue weighted by Gasteiger charge is -2.35. The lowest BCUT2D eigenvalue weighted by Crippen LogP contribution is -2.32. The number of hydrogen-bond donors (Lipinski definition) is 1. The van der Waals surface area contributed by atoms with Crippen LogP contribution >= 0.6 is 0 Å². The number of nitrogens with zero attached hydrogens (tertiary/aromatic N) is 5. The summed E-state index contributed by atoms with van der Waals surface area (Å²) in [6.45, 7) is 13.8. The SMILES string of the molecule is Cc1ccc(-c2c([C@H](OC(C)(C)C)C(=O)O)c(C)c3c4c2cc(C)n4CCN3c2ccc(N3CCCC3=O)nn2)cc1. The summed E-state index contributed by atoms with van der Waals surface area (Å²) in [7, 11) is 0. The number of ether oxygens (including phenoxy) is 1. The van der Waals surface area contributed by atoms with Crippen LogP contribution in [0.2, 0.25) is 0 Å². The topological polar surface area (TPSA) is 101 Å². The summed E-state index contributed by atoms with van der Waals surface area (Å²) in [4.78, 5) is 29.0. The first-order valence-corrected chi connectivity index (χ1v) is 14.5. The van der Waals surface area contributed by atoms with Crippen LogP contribution in [0.4, 0.5) is 17.3 Å². The Bertz CT molecular complexity index is 1700. The molecule has 0 radical (unpaired) electrons. The molecule has 218 valence electrons. The van der Waals surface area contributed by atoms with Crippen LogP contribution in [0.5, 0.6) is 0 Å². The number of aromatic nitrogens is 3. The minimum atomic E-state index is -1.19. The third kappa shape index (κ3) is 4.71. The number of aryl methyl sites for hydroxylation is 2. The number of amides is 1. The second kappa shape index (κ2) is 10.2. The molecule has 0 unspecified atom stereocenters. The highest BCUT2D eigenvalue weighted by Crippen LogP contribution is 2.49. The second-order valence-corrected chi connectivity index (χ2v) is 12.3. The average Bonchev–Trinajstić information content (AvgIpc) is 3.52. The summed E-state index contributed by atoms with van der Waals surface area (Å²) in [5.41, 5.74) is 6.77. The van der Waals surface area contributed by atoms with Gasteiger partial charge in [0.2, 0.25) is 5.91 Å². The molecule has 1 atom stereocenters. The predicted octanol–water partition coefficient (Wildman–Crippen LogP) is 6.24. The molecule has 1 saturated heterocycles. The first-order valence-electron chi connectivity index (χ1n) is 14.5. The molecule has 2 aromatic heterocycles. The Kier molecular flexibility index (Phi) is 6.80. The van der Waals surface area contributed by atoms with Crippen LogP contribution < -0.4 is 9.80 Å². The second-order valence-electron chi connectivity index (χ2n) is 12.3. The molecule has 0 aliphatic carbocycles. The normalized spacial score (nSPS) is 16.0. The molecule has 2 aliphatic heterocycles. The van der Waals surface area contributed by atoms with Crippen LogP contribution in [0.3, 0.4) is 0 Å². The molecular weight excluding hydrogens is 530 g/mol. The van der Waals surface area contributed by atoms with E-state index in [1.165, 1.54) is 0 Å². The number of carboxylic acids is 1. The van der Waals surface area contributed by atoms with Gasteiger partial charge in [-0.25, -0.2) is 4.79 Å². The van der Waals surface area contributed by atoms with Crippen molar-refractivity contribution < 1.29 is 19.4 Å². The summed E-state index contributed by atoms with van der Waals surface area (Å²) >= 11 is 0. The van der Waals surface area contributed by atoms with Crippen molar-refractivity contribution in [3.8, 4) is 11.1 Å². The quantitative estimate of drug-likeness (QED) is 0.294. The zero-order chi connectivity index (χ0) is 29.9. The van der Waals surface area contributed by atoms with Gasteiger partial charge in [0, 0.05) is 42.7 Å². The molecule has 2 aliphatic rings. The van der Waals surface area contributed by atoms with Gasteiger partial charge in [0.1, 0.15) is 0 Å². The van der Waals surface area contributed by atoms with E-state index >= 15 is 0 Å². The van der Waals surface area contributed by atoms with Gasteiger partial charge in [-0.05, 0) is 82.9 Å². The van der Waals surface area contributed by atoms with Gasteiger partial charge in [0.25, 0.3) is 0 Å². The maximum Gasteiger partial charge on any atom is 0.337 e. The van der Waals surface area contributed by atoms with Crippen molar-refractivity contribution in [3.05, 3.63) is 64.8 Å². The molecule has 2 aromatic carbocycles. The molecule has 9 heteroatoms. The molecule has 42 heavy (non-hydrogen) atoms. The van der Waals surface area contributed by atoms with E-state index in [1.807, 2.05) is 46.8 Å². The molecule has 4 heterocycles. The van der Waals surface area contributed by atoms with E-state index in [4.69, 9.17) is 4.74 Å². The highest BCUT2D eigenvalue weighted by molar-refractivity contribution is 6.08. The largest absolute Gasteiger partial charge is 0.479 e. The predicted molar refractivity (Wildman–Crippen MR) is 163 cm³/mol. The van der Waals surface area contributed by atoms with Gasteiger partial charge in [0.05, 0.1) is 16.8 Å². The minimum absolute atomic E-state index is 0.0655. The standard InChI is InChI=1S/C33H37N5O4/c1-19-9-11-22(12-10-19)28-23-18-20(2)36-16-17-38(25-14-13-24(34-35-25)37-15-7-8-26(37)39)29(30(23)36)21(3)27(28)31(32(40)41)42-33(4,5)6/h9-14,18,31H,7-8,15-17H2,1-6H3,(H,40,41)/t31-/m0/s1. The number of carboxylic acid groups (broad SMARTS) is 1. The van der Waals surface area contributed by atoms with Crippen molar-refractivity contribution in [2.24, 2.45) is 0 Å². The van der Waals surface area contributed by atoms with Crippen LogP contribution in [0.1, 0.15) is 62.1 Å². The third-order valence-corrected chi connectivity index (χ3v) is 8.20. The van der Waals surface area contributed by atoms with Crippen molar-refractivity contribution in [3.63, 3.8) is 0 Å². The van der Waals surface area contributed by atoms with Crippen molar-refractivity contribution in [1.82, 2.24) is 14.8 Å². The molecule has 4 aromatic rings. The highest BCUT2D eigenvalue weighted by atomic mass is 16.5. The molecule has 1 fully saturated rings. The van der Waals surface area contributed by atoms with Crippen LogP contribution in [-0.2, 0) is 20.9 Å². The van der Waals surface area contributed by atoms with Gasteiger partial charge in [-0.15, -0.1) is 10.2 Å². The number of benzene rings is 2. The lowest BCUT2D eigenvalue weighted by atomic mass is 9.87. The molecule has 6 rings (SSSR count). The van der Waals surface area contributed by atoms with Crippen molar-refractivity contribution in [2.45, 2.75) is 72.6 Å². The van der Waals surface area contributed by atoms with E-state index in [0.29, 0.717) is 36.7 Å². The number of anilines is 3. The van der Waals surface area contributed by atoms with E-state index < -0.39 is 17.7 Å². The van der Waals surface area contributed by atoms with Crippen molar-refractivity contribution in [1.29, 1.82) is 0 Å². The van der Waals surface area contributed by atoms with Crippen LogP contribution in [0.25, 0.3) is 22.0 Å². The number of carbonyl (C=O) groups excluding carboxylic acids is 1. The minimum Gasteiger partial charge on any atom is -0.479 e. The smallest absolute Gasteiger partial charge is 0.337 e. The number of rotatable bonds is 6. The maximum atomic E-state index is 12.9. The monoisotopic (exact) mass is 567 g/mol. The van der Waals surface area contributed by atoms with Crippen molar-refractivity contribution >= 4 is 40.1 Å². The maximum absolute atomic E-state index is 12.9. The van der Waals surface area contributed by atoms with Gasteiger partial charge in [-0.1, -0.05) is 29.8 Å². The fraction of sp³-hybridized carbons (Fsp3) is 0.394. The molecule has 0 spiro atoms. The Morgan fingerprint density at radius 3 is 2.19 bits per heavy atom. The zero-order valence-electron chi connectivity index (χ0n) is 25.1. The Morgan fingerprint density at radius 2 is 1.62 bits per heavy atom. The fourth-order valence-electron chi connectivity index (χ4n) is 6.36. The van der Waals surface area contributed by atoms with Crippen LogP contribution in [0, 0.1) is 20.8 Å². The Labute approximate surface area is 245 Å². The summed E-state index contributed by atoms with van der Waals surface area (Å²) < 4.78 is 8.60. The van der Waals surface area contributed by atoms with Gasteiger partial charge < -0.3 is 19.3 Å². The van der Waals surface area contributed by atoms with E-state index in [1.54, 1.807) is 4.90 Å². The van der Waals surface area contributed by atoms with Crippen molar-refractivity contribution in [2.75, 3.05) is 22.9 Å².